The largest absolute Gasteiger partial charge is 2.00 e. The Bertz CT molecular complexity index is 2410. The van der Waals surface area contributed by atoms with Crippen LogP contribution in [0.5, 0.6) is 11.5 Å². The third kappa shape index (κ3) is 7.12. The molecule has 0 bridgehead atoms. The van der Waals surface area contributed by atoms with Crippen LogP contribution in [0, 0.1) is 26.0 Å². The van der Waals surface area contributed by atoms with Gasteiger partial charge in [0.05, 0.1) is 5.69 Å². The van der Waals surface area contributed by atoms with Crippen LogP contribution in [0.2, 0.25) is 0 Å². The second-order valence-electron chi connectivity index (χ2n) is 16.1. The molecule has 0 fully saturated rings. The molecule has 6 heteroatoms. The first-order valence-corrected chi connectivity index (χ1v) is 18.6. The standard InChI is InChI=1S/C47H50N4O.Pd/c1-28(2)33-23-35(51-32(8)45(31(7)49-51)46-38(29(3)4)16-14-17-39(46)30(5)6)26-37(24-33)52-36-19-20-41-40-15-12-13-18-42(40)50(43(41)27-36)44-25-34(21-22-48-44)47(9,10)11;/h12-25,28-30H,1-11H3;/q-2;+2. The van der Waals surface area contributed by atoms with Gasteiger partial charge < -0.3 is 9.30 Å². The molecule has 274 valence electrons. The van der Waals surface area contributed by atoms with Crippen LogP contribution in [-0.4, -0.2) is 19.3 Å². The van der Waals surface area contributed by atoms with Gasteiger partial charge >= 0.3 is 20.4 Å². The van der Waals surface area contributed by atoms with Crippen molar-refractivity contribution in [2.45, 2.75) is 99.3 Å². The Kier molecular flexibility index (Phi) is 10.6. The number of benzene rings is 4. The van der Waals surface area contributed by atoms with Gasteiger partial charge in [-0.3, -0.25) is 4.68 Å². The van der Waals surface area contributed by atoms with E-state index in [0.29, 0.717) is 23.3 Å². The summed E-state index contributed by atoms with van der Waals surface area (Å²) >= 11 is 0. The number of hydrogen-bond acceptors (Lipinski definition) is 3. The summed E-state index contributed by atoms with van der Waals surface area (Å²) in [5, 5.41) is 7.41. The summed E-state index contributed by atoms with van der Waals surface area (Å²) in [4.78, 5) is 4.84. The van der Waals surface area contributed by atoms with Crippen molar-refractivity contribution in [1.82, 2.24) is 19.3 Å². The van der Waals surface area contributed by atoms with E-state index in [1.54, 1.807) is 0 Å². The van der Waals surface area contributed by atoms with Crippen LogP contribution in [0.25, 0.3) is 44.4 Å². The number of pyridine rings is 1. The average molecular weight is 793 g/mol. The Balaban J connectivity index is 0.00000481. The molecule has 0 saturated carbocycles. The molecule has 0 amide bonds. The molecule has 5 nitrogen and oxygen atoms in total. The second-order valence-corrected chi connectivity index (χ2v) is 16.1. The van der Waals surface area contributed by atoms with Crippen LogP contribution in [0.1, 0.15) is 114 Å². The summed E-state index contributed by atoms with van der Waals surface area (Å²) in [6, 6.07) is 35.1. The minimum atomic E-state index is -0.00975. The van der Waals surface area contributed by atoms with Gasteiger partial charge in [-0.25, -0.2) is 4.98 Å². The number of ether oxygens (including phenoxy) is 1. The topological polar surface area (TPSA) is 44.9 Å². The van der Waals surface area contributed by atoms with E-state index in [-0.39, 0.29) is 31.8 Å². The minimum Gasteiger partial charge on any atom is -0.509 e. The minimum absolute atomic E-state index is 0. The Labute approximate surface area is 329 Å². The predicted octanol–water partition coefficient (Wildman–Crippen LogP) is 12.7. The summed E-state index contributed by atoms with van der Waals surface area (Å²) in [6.45, 7) is 24.5. The molecular formula is C47H50N4OPd. The van der Waals surface area contributed by atoms with Crippen molar-refractivity contribution in [2.75, 3.05) is 0 Å². The maximum Gasteiger partial charge on any atom is 2.00 e. The van der Waals surface area contributed by atoms with E-state index in [0.717, 1.165) is 50.3 Å². The number of rotatable bonds is 8. The van der Waals surface area contributed by atoms with Gasteiger partial charge in [0.15, 0.2) is 0 Å². The van der Waals surface area contributed by atoms with Crippen LogP contribution < -0.4 is 4.74 Å². The van der Waals surface area contributed by atoms with Crippen LogP contribution in [0.4, 0.5) is 0 Å². The zero-order chi connectivity index (χ0) is 37.1. The zero-order valence-corrected chi connectivity index (χ0v) is 34.4. The Morgan fingerprint density at radius 1 is 0.698 bits per heavy atom. The zero-order valence-electron chi connectivity index (χ0n) is 32.8. The third-order valence-corrected chi connectivity index (χ3v) is 10.3. The van der Waals surface area contributed by atoms with Gasteiger partial charge in [-0.1, -0.05) is 104 Å². The summed E-state index contributed by atoms with van der Waals surface area (Å²) in [7, 11) is 0. The summed E-state index contributed by atoms with van der Waals surface area (Å²) in [5.74, 6) is 3.16. The Morgan fingerprint density at radius 3 is 2.06 bits per heavy atom. The normalized spacial score (nSPS) is 12.0. The number of aryl methyl sites for hydroxylation is 1. The van der Waals surface area contributed by atoms with Crippen molar-refractivity contribution in [2.24, 2.45) is 0 Å². The number of aromatic nitrogens is 4. The molecule has 0 aliphatic carbocycles. The fourth-order valence-corrected chi connectivity index (χ4v) is 7.43. The van der Waals surface area contributed by atoms with Gasteiger partial charge in [-0.05, 0) is 88.5 Å². The molecule has 3 heterocycles. The number of para-hydroxylation sites is 1. The molecule has 0 radical (unpaired) electrons. The van der Waals surface area contributed by atoms with E-state index in [1.807, 2.05) is 16.9 Å². The fraction of sp³-hybridized carbons (Fsp3) is 0.319. The molecule has 7 aromatic rings. The van der Waals surface area contributed by atoms with E-state index < -0.39 is 0 Å². The smallest absolute Gasteiger partial charge is 0.509 e. The second kappa shape index (κ2) is 14.7. The molecule has 0 spiro atoms. The van der Waals surface area contributed by atoms with Crippen molar-refractivity contribution in [3.05, 3.63) is 131 Å². The van der Waals surface area contributed by atoms with Crippen LogP contribution in [0.15, 0.2) is 85.1 Å². The molecule has 7 rings (SSSR count). The number of nitrogens with zero attached hydrogens (tertiary/aromatic N) is 4. The van der Waals surface area contributed by atoms with E-state index >= 15 is 0 Å². The maximum atomic E-state index is 6.68. The van der Waals surface area contributed by atoms with Crippen molar-refractivity contribution in [1.29, 1.82) is 0 Å². The van der Waals surface area contributed by atoms with E-state index in [9.17, 15) is 0 Å². The van der Waals surface area contributed by atoms with Gasteiger partial charge in [0.25, 0.3) is 0 Å². The monoisotopic (exact) mass is 792 g/mol. The molecule has 0 N–H and O–H groups in total. The van der Waals surface area contributed by atoms with Crippen LogP contribution in [-0.2, 0) is 25.8 Å². The molecule has 0 atom stereocenters. The molecule has 4 aromatic carbocycles. The van der Waals surface area contributed by atoms with E-state index in [2.05, 4.69) is 166 Å². The molecule has 3 aromatic heterocycles. The molecule has 0 unspecified atom stereocenters. The first kappa shape index (κ1) is 38.2. The number of fused-ring (bicyclic) bond motifs is 3. The Morgan fingerprint density at radius 2 is 1.40 bits per heavy atom. The molecule has 53 heavy (non-hydrogen) atoms. The van der Waals surface area contributed by atoms with Gasteiger partial charge in [0.2, 0.25) is 0 Å². The average Bonchev–Trinajstić information content (AvgIpc) is 3.59. The predicted molar refractivity (Wildman–Crippen MR) is 216 cm³/mol. The summed E-state index contributed by atoms with van der Waals surface area (Å²) in [5.41, 5.74) is 12.6. The molecular weight excluding hydrogens is 743 g/mol. The number of hydrogen-bond donors (Lipinski definition) is 0. The quantitative estimate of drug-likeness (QED) is 0.114. The molecule has 0 aliphatic heterocycles. The molecule has 0 aliphatic rings. The van der Waals surface area contributed by atoms with Crippen molar-refractivity contribution < 1.29 is 25.2 Å². The third-order valence-electron chi connectivity index (χ3n) is 10.3. The summed E-state index contributed by atoms with van der Waals surface area (Å²) in [6.07, 6.45) is 1.90. The van der Waals surface area contributed by atoms with Gasteiger partial charge in [-0.2, -0.15) is 11.2 Å². The van der Waals surface area contributed by atoms with Crippen molar-refractivity contribution in [3.8, 4) is 34.1 Å². The first-order chi connectivity index (χ1) is 24.7. The maximum absolute atomic E-state index is 6.68. The van der Waals surface area contributed by atoms with Crippen LogP contribution in [0.3, 0.4) is 0 Å². The fourth-order valence-electron chi connectivity index (χ4n) is 7.43. The van der Waals surface area contributed by atoms with Gasteiger partial charge in [-0.15, -0.1) is 41.3 Å². The first-order valence-electron chi connectivity index (χ1n) is 18.6. The van der Waals surface area contributed by atoms with Crippen molar-refractivity contribution in [3.63, 3.8) is 0 Å². The molecule has 0 saturated heterocycles. The SMILES string of the molecule is Cc1nn(-c2[c-]c(Oc3[c-]c4c(cc3)c3ccccc3n4-c3cc(C(C)(C)C)ccn3)cc(C(C)C)c2)c(C)c1-c1c(C(C)C)cccc1C(C)C.[Pd+2]. The van der Waals surface area contributed by atoms with E-state index in [4.69, 9.17) is 14.8 Å². The van der Waals surface area contributed by atoms with Gasteiger partial charge in [0.1, 0.15) is 5.82 Å². The van der Waals surface area contributed by atoms with E-state index in [1.165, 1.54) is 27.8 Å². The van der Waals surface area contributed by atoms with Crippen molar-refractivity contribution >= 4 is 21.8 Å². The summed E-state index contributed by atoms with van der Waals surface area (Å²) < 4.78 is 10.9. The van der Waals surface area contributed by atoms with Gasteiger partial charge in [0, 0.05) is 34.5 Å². The van der Waals surface area contributed by atoms with Crippen LogP contribution >= 0.6 is 0 Å². The Hall–Kier alpha value is -4.50.